The first-order valence-electron chi connectivity index (χ1n) is 3.95. The Balaban J connectivity index is 2.33. The van der Waals surface area contributed by atoms with Gasteiger partial charge in [-0.25, -0.2) is 4.98 Å². The standard InChI is InChI=1S/C8H13NOS2/c1-3-7(10)5-12-8-9-6(2)4-11-8/h4,7,10H,3,5H2,1-2H3. The van der Waals surface area contributed by atoms with Gasteiger partial charge in [-0.1, -0.05) is 18.7 Å². The van der Waals surface area contributed by atoms with Crippen molar-refractivity contribution in [2.45, 2.75) is 30.7 Å². The first-order valence-corrected chi connectivity index (χ1v) is 5.82. The van der Waals surface area contributed by atoms with Gasteiger partial charge in [-0.05, 0) is 13.3 Å². The topological polar surface area (TPSA) is 33.1 Å². The van der Waals surface area contributed by atoms with Crippen molar-refractivity contribution in [2.75, 3.05) is 5.75 Å². The van der Waals surface area contributed by atoms with E-state index in [0.29, 0.717) is 0 Å². The van der Waals surface area contributed by atoms with E-state index in [2.05, 4.69) is 4.98 Å². The van der Waals surface area contributed by atoms with Gasteiger partial charge in [-0.2, -0.15) is 0 Å². The molecular formula is C8H13NOS2. The van der Waals surface area contributed by atoms with Crippen LogP contribution >= 0.6 is 23.1 Å². The summed E-state index contributed by atoms with van der Waals surface area (Å²) in [6.45, 7) is 3.97. The lowest BCUT2D eigenvalue weighted by Gasteiger charge is -2.03. The second-order valence-electron chi connectivity index (χ2n) is 2.63. The molecule has 1 rings (SSSR count). The lowest BCUT2D eigenvalue weighted by atomic mass is 10.3. The third kappa shape index (κ3) is 3.13. The maximum Gasteiger partial charge on any atom is 0.150 e. The molecule has 0 fully saturated rings. The summed E-state index contributed by atoms with van der Waals surface area (Å²) in [5.74, 6) is 0.753. The van der Waals surface area contributed by atoms with Crippen molar-refractivity contribution in [3.05, 3.63) is 11.1 Å². The highest BCUT2D eigenvalue weighted by Crippen LogP contribution is 2.23. The van der Waals surface area contributed by atoms with Gasteiger partial charge >= 0.3 is 0 Å². The number of aliphatic hydroxyl groups excluding tert-OH is 1. The van der Waals surface area contributed by atoms with Crippen LogP contribution in [-0.4, -0.2) is 21.9 Å². The van der Waals surface area contributed by atoms with Gasteiger partial charge in [0.25, 0.3) is 0 Å². The lowest BCUT2D eigenvalue weighted by Crippen LogP contribution is -2.06. The number of nitrogens with zero attached hydrogens (tertiary/aromatic N) is 1. The van der Waals surface area contributed by atoms with E-state index >= 15 is 0 Å². The first-order chi connectivity index (χ1) is 5.72. The van der Waals surface area contributed by atoms with Gasteiger partial charge in [-0.15, -0.1) is 11.3 Å². The van der Waals surface area contributed by atoms with Crippen molar-refractivity contribution in [1.82, 2.24) is 4.98 Å². The van der Waals surface area contributed by atoms with Crippen molar-refractivity contribution in [1.29, 1.82) is 0 Å². The number of rotatable bonds is 4. The van der Waals surface area contributed by atoms with Gasteiger partial charge in [0.1, 0.15) is 4.34 Å². The molecule has 0 saturated heterocycles. The minimum atomic E-state index is -0.195. The van der Waals surface area contributed by atoms with Crippen LogP contribution < -0.4 is 0 Å². The van der Waals surface area contributed by atoms with Gasteiger partial charge in [0.2, 0.25) is 0 Å². The number of thioether (sulfide) groups is 1. The highest BCUT2D eigenvalue weighted by atomic mass is 32.2. The molecule has 0 spiro atoms. The molecule has 0 amide bonds. The Morgan fingerprint density at radius 1 is 1.75 bits per heavy atom. The Hall–Kier alpha value is -0.0600. The van der Waals surface area contributed by atoms with Crippen LogP contribution in [0.1, 0.15) is 19.0 Å². The molecule has 1 aromatic heterocycles. The minimum Gasteiger partial charge on any atom is -0.392 e. The summed E-state index contributed by atoms with van der Waals surface area (Å²) in [6, 6.07) is 0. The Bertz CT molecular complexity index is 237. The molecule has 1 heterocycles. The summed E-state index contributed by atoms with van der Waals surface area (Å²) in [7, 11) is 0. The van der Waals surface area contributed by atoms with Crippen LogP contribution in [0.25, 0.3) is 0 Å². The summed E-state index contributed by atoms with van der Waals surface area (Å²) in [6.07, 6.45) is 0.622. The lowest BCUT2D eigenvalue weighted by molar-refractivity contribution is 0.195. The number of hydrogen-bond acceptors (Lipinski definition) is 4. The molecule has 1 N–H and O–H groups in total. The third-order valence-electron chi connectivity index (χ3n) is 1.47. The van der Waals surface area contributed by atoms with Crippen molar-refractivity contribution in [2.24, 2.45) is 0 Å². The maximum absolute atomic E-state index is 9.28. The van der Waals surface area contributed by atoms with Crippen molar-refractivity contribution >= 4 is 23.1 Å². The number of aromatic nitrogens is 1. The monoisotopic (exact) mass is 203 g/mol. The minimum absolute atomic E-state index is 0.195. The average molecular weight is 203 g/mol. The molecule has 1 atom stereocenters. The molecule has 12 heavy (non-hydrogen) atoms. The van der Waals surface area contributed by atoms with Crippen LogP contribution in [0.5, 0.6) is 0 Å². The zero-order valence-electron chi connectivity index (χ0n) is 7.28. The number of hydrogen-bond donors (Lipinski definition) is 1. The number of thiazole rings is 1. The molecule has 1 aromatic rings. The average Bonchev–Trinajstić information content (AvgIpc) is 2.47. The highest BCUT2D eigenvalue weighted by molar-refractivity contribution is 8.01. The van der Waals surface area contributed by atoms with E-state index < -0.39 is 0 Å². The molecule has 0 aliphatic heterocycles. The van der Waals surface area contributed by atoms with E-state index in [-0.39, 0.29) is 6.10 Å². The van der Waals surface area contributed by atoms with E-state index in [1.165, 1.54) is 0 Å². The van der Waals surface area contributed by atoms with Crippen LogP contribution in [-0.2, 0) is 0 Å². The quantitative estimate of drug-likeness (QED) is 0.762. The van der Waals surface area contributed by atoms with Gasteiger partial charge in [-0.3, -0.25) is 0 Å². The molecular weight excluding hydrogens is 190 g/mol. The van der Waals surface area contributed by atoms with Gasteiger partial charge < -0.3 is 5.11 Å². The Morgan fingerprint density at radius 2 is 2.50 bits per heavy atom. The van der Waals surface area contributed by atoms with Crippen LogP contribution in [0.3, 0.4) is 0 Å². The fourth-order valence-electron chi connectivity index (χ4n) is 0.684. The van der Waals surface area contributed by atoms with E-state index in [1.54, 1.807) is 23.1 Å². The molecule has 4 heteroatoms. The second kappa shape index (κ2) is 4.84. The fraction of sp³-hybridized carbons (Fsp3) is 0.625. The van der Waals surface area contributed by atoms with E-state index in [1.807, 2.05) is 19.2 Å². The zero-order valence-corrected chi connectivity index (χ0v) is 8.91. The normalized spacial score (nSPS) is 13.2. The summed E-state index contributed by atoms with van der Waals surface area (Å²) in [5, 5.41) is 11.3. The van der Waals surface area contributed by atoms with Crippen molar-refractivity contribution < 1.29 is 5.11 Å². The van der Waals surface area contributed by atoms with Gasteiger partial charge in [0, 0.05) is 16.8 Å². The number of aliphatic hydroxyl groups is 1. The van der Waals surface area contributed by atoms with Crippen molar-refractivity contribution in [3.63, 3.8) is 0 Å². The highest BCUT2D eigenvalue weighted by Gasteiger charge is 2.04. The smallest absolute Gasteiger partial charge is 0.150 e. The fourth-order valence-corrected chi connectivity index (χ4v) is 2.60. The molecule has 0 aliphatic rings. The molecule has 0 bridgehead atoms. The zero-order chi connectivity index (χ0) is 8.97. The predicted molar refractivity (Wildman–Crippen MR) is 53.9 cm³/mol. The van der Waals surface area contributed by atoms with Gasteiger partial charge in [0.05, 0.1) is 6.10 Å². The van der Waals surface area contributed by atoms with Crippen LogP contribution in [0, 0.1) is 6.92 Å². The van der Waals surface area contributed by atoms with Crippen LogP contribution in [0.4, 0.5) is 0 Å². The number of aryl methyl sites for hydroxylation is 1. The summed E-state index contributed by atoms with van der Waals surface area (Å²) < 4.78 is 1.06. The summed E-state index contributed by atoms with van der Waals surface area (Å²) in [5.41, 5.74) is 1.06. The third-order valence-corrected chi connectivity index (χ3v) is 3.75. The molecule has 2 nitrogen and oxygen atoms in total. The SMILES string of the molecule is CCC(O)CSc1nc(C)cs1. The molecule has 1 unspecified atom stereocenters. The van der Waals surface area contributed by atoms with E-state index in [4.69, 9.17) is 0 Å². The van der Waals surface area contributed by atoms with Gasteiger partial charge in [0.15, 0.2) is 0 Å². The summed E-state index contributed by atoms with van der Waals surface area (Å²) in [4.78, 5) is 4.29. The molecule has 0 radical (unpaired) electrons. The molecule has 68 valence electrons. The first kappa shape index (κ1) is 10.0. The maximum atomic E-state index is 9.28. The summed E-state index contributed by atoms with van der Waals surface area (Å²) >= 11 is 3.27. The van der Waals surface area contributed by atoms with Crippen molar-refractivity contribution in [3.8, 4) is 0 Å². The molecule has 0 saturated carbocycles. The largest absolute Gasteiger partial charge is 0.392 e. The second-order valence-corrected chi connectivity index (χ2v) is 4.75. The van der Waals surface area contributed by atoms with E-state index in [9.17, 15) is 5.11 Å². The Morgan fingerprint density at radius 3 is 3.00 bits per heavy atom. The van der Waals surface area contributed by atoms with Crippen LogP contribution in [0.15, 0.2) is 9.72 Å². The van der Waals surface area contributed by atoms with E-state index in [0.717, 1.165) is 22.2 Å². The molecule has 0 aliphatic carbocycles. The van der Waals surface area contributed by atoms with Crippen LogP contribution in [0.2, 0.25) is 0 Å². The Labute approximate surface area is 81.0 Å². The Kier molecular flexibility index (Phi) is 4.05. The molecule has 0 aromatic carbocycles. The predicted octanol–water partition coefficient (Wildman–Crippen LogP) is 2.31.